The summed E-state index contributed by atoms with van der Waals surface area (Å²) in [6.07, 6.45) is 5.23. The predicted octanol–water partition coefficient (Wildman–Crippen LogP) is 2.30. The smallest absolute Gasteiger partial charge is 0.323 e. The van der Waals surface area contributed by atoms with Crippen LogP contribution in [0.25, 0.3) is 0 Å². The van der Waals surface area contributed by atoms with Gasteiger partial charge in [-0.3, -0.25) is 14.5 Å². The number of hydrogen-bond donors (Lipinski definition) is 1. The maximum Gasteiger partial charge on any atom is 0.323 e. The molecule has 0 aromatic heterocycles. The molecule has 3 rings (SSSR count). The summed E-state index contributed by atoms with van der Waals surface area (Å²) in [6.45, 7) is 0.164. The number of nitriles is 1. The van der Waals surface area contributed by atoms with Crippen LogP contribution in [0, 0.1) is 17.2 Å². The van der Waals surface area contributed by atoms with E-state index in [1.165, 1.54) is 13.5 Å². The zero-order valence-corrected chi connectivity index (χ0v) is 14.4. The molecule has 1 saturated heterocycles. The van der Waals surface area contributed by atoms with E-state index >= 15 is 0 Å². The summed E-state index contributed by atoms with van der Waals surface area (Å²) in [6, 6.07) is 8.81. The Morgan fingerprint density at radius 3 is 2.92 bits per heavy atom. The zero-order chi connectivity index (χ0) is 17.8. The van der Waals surface area contributed by atoms with E-state index in [4.69, 9.17) is 10.00 Å². The van der Waals surface area contributed by atoms with Gasteiger partial charge in [-0.2, -0.15) is 5.26 Å². The minimum Gasteiger partial charge on any atom is -0.468 e. The summed E-state index contributed by atoms with van der Waals surface area (Å²) >= 11 is 0. The molecular weight excluding hydrogens is 318 g/mol. The number of ether oxygens (including phenoxy) is 1. The predicted molar refractivity (Wildman–Crippen MR) is 92.7 cm³/mol. The number of nitrogens with zero attached hydrogens (tertiary/aromatic N) is 2. The first-order valence-corrected chi connectivity index (χ1v) is 8.76. The molecule has 1 aromatic rings. The Morgan fingerprint density at radius 1 is 1.36 bits per heavy atom. The second-order valence-electron chi connectivity index (χ2n) is 6.80. The van der Waals surface area contributed by atoms with E-state index in [9.17, 15) is 9.59 Å². The van der Waals surface area contributed by atoms with Crippen LogP contribution in [-0.2, 0) is 14.3 Å². The Bertz CT molecular complexity index is 697. The van der Waals surface area contributed by atoms with Crippen LogP contribution in [0.2, 0.25) is 0 Å². The molecule has 0 bridgehead atoms. The van der Waals surface area contributed by atoms with Crippen molar-refractivity contribution in [2.75, 3.05) is 19.0 Å². The van der Waals surface area contributed by atoms with Gasteiger partial charge in [-0.05, 0) is 43.4 Å². The van der Waals surface area contributed by atoms with Gasteiger partial charge in [0.25, 0.3) is 0 Å². The lowest BCUT2D eigenvalue weighted by Crippen LogP contribution is -2.46. The van der Waals surface area contributed by atoms with Gasteiger partial charge in [-0.25, -0.2) is 0 Å². The second kappa shape index (κ2) is 7.66. The van der Waals surface area contributed by atoms with Crippen molar-refractivity contribution in [1.29, 1.82) is 5.26 Å². The van der Waals surface area contributed by atoms with Crippen molar-refractivity contribution in [2.24, 2.45) is 5.92 Å². The molecular formula is C19H23N3O3. The molecule has 1 N–H and O–H groups in total. The molecule has 6 nitrogen and oxygen atoms in total. The summed E-state index contributed by atoms with van der Waals surface area (Å²) in [5.41, 5.74) is 1.09. The number of anilines is 1. The number of likely N-dealkylation sites (tertiary alicyclic amines) is 1. The van der Waals surface area contributed by atoms with Crippen LogP contribution in [0.4, 0.5) is 5.69 Å². The van der Waals surface area contributed by atoms with Crippen LogP contribution in [0.3, 0.4) is 0 Å². The fourth-order valence-electron chi connectivity index (χ4n) is 4.18. The highest BCUT2D eigenvalue weighted by atomic mass is 16.5. The van der Waals surface area contributed by atoms with Crippen molar-refractivity contribution in [1.82, 2.24) is 4.90 Å². The Kier molecular flexibility index (Phi) is 5.34. The Morgan fingerprint density at radius 2 is 2.16 bits per heavy atom. The third-order valence-corrected chi connectivity index (χ3v) is 5.30. The average molecular weight is 341 g/mol. The number of fused-ring (bicyclic) bond motifs is 1. The quantitative estimate of drug-likeness (QED) is 0.850. The van der Waals surface area contributed by atoms with Crippen molar-refractivity contribution in [3.8, 4) is 6.07 Å². The molecule has 3 atom stereocenters. The lowest BCUT2D eigenvalue weighted by Gasteiger charge is -2.32. The molecule has 1 saturated carbocycles. The van der Waals surface area contributed by atoms with Gasteiger partial charge < -0.3 is 10.1 Å². The van der Waals surface area contributed by atoms with Gasteiger partial charge in [0.2, 0.25) is 5.91 Å². The van der Waals surface area contributed by atoms with E-state index in [-0.39, 0.29) is 30.5 Å². The fourth-order valence-corrected chi connectivity index (χ4v) is 4.18. The average Bonchev–Trinajstić information content (AvgIpc) is 2.99. The molecule has 132 valence electrons. The van der Waals surface area contributed by atoms with Crippen LogP contribution in [0.5, 0.6) is 0 Å². The molecule has 0 spiro atoms. The third kappa shape index (κ3) is 3.83. The number of benzene rings is 1. The van der Waals surface area contributed by atoms with Crippen molar-refractivity contribution in [3.63, 3.8) is 0 Å². The van der Waals surface area contributed by atoms with Gasteiger partial charge in [0.15, 0.2) is 0 Å². The van der Waals surface area contributed by atoms with Crippen LogP contribution >= 0.6 is 0 Å². The Labute approximate surface area is 147 Å². The summed E-state index contributed by atoms with van der Waals surface area (Å²) < 4.78 is 4.95. The Hall–Kier alpha value is -2.39. The molecule has 1 aliphatic heterocycles. The number of esters is 1. The molecule has 1 aliphatic carbocycles. The van der Waals surface area contributed by atoms with Gasteiger partial charge in [0.1, 0.15) is 6.04 Å². The topological polar surface area (TPSA) is 82.4 Å². The molecule has 25 heavy (non-hydrogen) atoms. The molecule has 2 fully saturated rings. The second-order valence-corrected chi connectivity index (χ2v) is 6.80. The minimum atomic E-state index is -0.339. The first-order chi connectivity index (χ1) is 12.1. The molecule has 6 heteroatoms. The van der Waals surface area contributed by atoms with E-state index in [2.05, 4.69) is 11.4 Å². The van der Waals surface area contributed by atoms with Gasteiger partial charge in [-0.15, -0.1) is 0 Å². The maximum absolute atomic E-state index is 12.5. The molecule has 0 radical (unpaired) electrons. The number of carbonyl (C=O) groups excluding carboxylic acids is 2. The lowest BCUT2D eigenvalue weighted by molar-refractivity contribution is -0.146. The van der Waals surface area contributed by atoms with E-state index < -0.39 is 0 Å². The third-order valence-electron chi connectivity index (χ3n) is 5.30. The molecule has 1 heterocycles. The number of nitrogens with one attached hydrogen (secondary N) is 1. The number of hydrogen-bond acceptors (Lipinski definition) is 5. The molecule has 0 unspecified atom stereocenters. The van der Waals surface area contributed by atoms with Gasteiger partial charge in [0.05, 0.1) is 25.3 Å². The van der Waals surface area contributed by atoms with Crippen molar-refractivity contribution in [3.05, 3.63) is 29.8 Å². The SMILES string of the molecule is COC(=O)[C@@H]1C[C@@H]2CCCC[C@@H]2N1CC(=O)Nc1cccc(C#N)c1. The lowest BCUT2D eigenvalue weighted by atomic mass is 9.85. The molecule has 2 aliphatic rings. The maximum atomic E-state index is 12.5. The first-order valence-electron chi connectivity index (χ1n) is 8.76. The van der Waals surface area contributed by atoms with E-state index in [1.807, 2.05) is 4.90 Å². The molecule has 1 amide bonds. The van der Waals surface area contributed by atoms with E-state index in [1.54, 1.807) is 24.3 Å². The van der Waals surface area contributed by atoms with E-state index in [0.717, 1.165) is 25.7 Å². The summed E-state index contributed by atoms with van der Waals surface area (Å²) in [5.74, 6) is 0.0384. The summed E-state index contributed by atoms with van der Waals surface area (Å²) in [5, 5.41) is 11.8. The van der Waals surface area contributed by atoms with E-state index in [0.29, 0.717) is 17.2 Å². The van der Waals surface area contributed by atoms with Gasteiger partial charge >= 0.3 is 5.97 Å². The van der Waals surface area contributed by atoms with Crippen molar-refractivity contribution < 1.29 is 14.3 Å². The van der Waals surface area contributed by atoms with Gasteiger partial charge in [0, 0.05) is 11.7 Å². The van der Waals surface area contributed by atoms with Crippen molar-refractivity contribution >= 4 is 17.6 Å². The molecule has 1 aromatic carbocycles. The monoisotopic (exact) mass is 341 g/mol. The van der Waals surface area contributed by atoms with Crippen LogP contribution in [0.1, 0.15) is 37.7 Å². The highest BCUT2D eigenvalue weighted by Crippen LogP contribution is 2.39. The number of rotatable bonds is 4. The largest absolute Gasteiger partial charge is 0.468 e. The minimum absolute atomic E-state index is 0.164. The Balaban J connectivity index is 1.70. The number of carbonyl (C=O) groups is 2. The number of amides is 1. The standard InChI is InChI=1S/C19H23N3O3/c1-25-19(24)17-10-14-6-2-3-8-16(14)22(17)12-18(23)21-15-7-4-5-13(9-15)11-20/h4-5,7,9,14,16-17H,2-3,6,8,10,12H2,1H3,(H,21,23)/t14-,16-,17-/m0/s1. The van der Waals surface area contributed by atoms with Crippen molar-refractivity contribution in [2.45, 2.75) is 44.2 Å². The highest BCUT2D eigenvalue weighted by Gasteiger charge is 2.46. The highest BCUT2D eigenvalue weighted by molar-refractivity contribution is 5.93. The van der Waals surface area contributed by atoms with Crippen LogP contribution in [0.15, 0.2) is 24.3 Å². The fraction of sp³-hybridized carbons (Fsp3) is 0.526. The van der Waals surface area contributed by atoms with Crippen LogP contribution in [-0.4, -0.2) is 42.5 Å². The normalized spacial score (nSPS) is 25.7. The zero-order valence-electron chi connectivity index (χ0n) is 14.4. The summed E-state index contributed by atoms with van der Waals surface area (Å²) in [7, 11) is 1.40. The first kappa shape index (κ1) is 17.4. The van der Waals surface area contributed by atoms with Crippen LogP contribution < -0.4 is 5.32 Å². The van der Waals surface area contributed by atoms with Gasteiger partial charge in [-0.1, -0.05) is 18.9 Å². The number of methoxy groups -OCH3 is 1. The summed E-state index contributed by atoms with van der Waals surface area (Å²) in [4.78, 5) is 26.7.